The van der Waals surface area contributed by atoms with E-state index in [-0.39, 0.29) is 18.0 Å². The summed E-state index contributed by atoms with van der Waals surface area (Å²) in [7, 11) is 0. The van der Waals surface area contributed by atoms with Gasteiger partial charge in [-0.25, -0.2) is 9.50 Å². The molecule has 0 saturated carbocycles. The van der Waals surface area contributed by atoms with Gasteiger partial charge >= 0.3 is 0 Å². The second-order valence-corrected chi connectivity index (χ2v) is 7.56. The minimum atomic E-state index is -0.641. The summed E-state index contributed by atoms with van der Waals surface area (Å²) < 4.78 is 7.79. The lowest BCUT2D eigenvalue weighted by molar-refractivity contribution is -0.154. The van der Waals surface area contributed by atoms with Gasteiger partial charge in [-0.3, -0.25) is 4.79 Å². The Morgan fingerprint density at radius 2 is 2.29 bits per heavy atom. The topological polar surface area (TPSA) is 59.7 Å². The number of hydrogen-bond donors (Lipinski definition) is 0. The molecule has 2 aromatic heterocycles. The van der Waals surface area contributed by atoms with Gasteiger partial charge in [0, 0.05) is 36.9 Å². The van der Waals surface area contributed by atoms with Crippen LogP contribution >= 0.6 is 0 Å². The van der Waals surface area contributed by atoms with Gasteiger partial charge in [-0.1, -0.05) is 0 Å². The molecular weight excluding hydrogens is 304 g/mol. The average molecular weight is 326 g/mol. The second kappa shape index (κ2) is 4.79. The van der Waals surface area contributed by atoms with Gasteiger partial charge < -0.3 is 9.64 Å². The number of aromatic nitrogens is 3. The monoisotopic (exact) mass is 326 g/mol. The number of carbonyl (C=O) groups excluding carboxylic acids is 1. The first-order valence-corrected chi connectivity index (χ1v) is 8.88. The Morgan fingerprint density at radius 3 is 3.08 bits per heavy atom. The fourth-order valence-corrected chi connectivity index (χ4v) is 4.73. The molecule has 6 nitrogen and oxygen atoms in total. The average Bonchev–Trinajstić information content (AvgIpc) is 3.24. The molecule has 0 N–H and O–H groups in total. The van der Waals surface area contributed by atoms with Crippen LogP contribution in [-0.2, 0) is 16.0 Å². The smallest absolute Gasteiger partial charge is 0.255 e. The van der Waals surface area contributed by atoms with Crippen molar-refractivity contribution >= 4 is 11.6 Å². The van der Waals surface area contributed by atoms with Gasteiger partial charge in [0.1, 0.15) is 5.60 Å². The van der Waals surface area contributed by atoms with Crippen LogP contribution in [0.2, 0.25) is 0 Å². The number of hydrogen-bond acceptors (Lipinski definition) is 4. The molecular formula is C18H22N4O2. The van der Waals surface area contributed by atoms with Crippen LogP contribution in [0.3, 0.4) is 0 Å². The Morgan fingerprint density at radius 1 is 1.42 bits per heavy atom. The summed E-state index contributed by atoms with van der Waals surface area (Å²) in [6.45, 7) is 4.64. The summed E-state index contributed by atoms with van der Waals surface area (Å²) >= 11 is 0. The van der Waals surface area contributed by atoms with E-state index in [0.29, 0.717) is 6.61 Å². The third-order valence-corrected chi connectivity index (χ3v) is 5.93. The van der Waals surface area contributed by atoms with Crippen molar-refractivity contribution in [2.45, 2.75) is 63.6 Å². The maximum absolute atomic E-state index is 13.2. The van der Waals surface area contributed by atoms with E-state index in [4.69, 9.17) is 4.74 Å². The molecule has 0 radical (unpaired) electrons. The van der Waals surface area contributed by atoms with E-state index in [1.165, 1.54) is 5.69 Å². The number of ether oxygens (including phenoxy) is 1. The molecule has 126 valence electrons. The summed E-state index contributed by atoms with van der Waals surface area (Å²) in [4.78, 5) is 19.9. The van der Waals surface area contributed by atoms with Crippen LogP contribution in [0.4, 0.5) is 0 Å². The molecule has 0 unspecified atom stereocenters. The molecule has 3 aliphatic rings. The van der Waals surface area contributed by atoms with Crippen LogP contribution in [0.1, 0.15) is 55.6 Å². The number of nitrogens with zero attached hydrogens (tertiary/aromatic N) is 4. The van der Waals surface area contributed by atoms with Crippen molar-refractivity contribution in [1.82, 2.24) is 19.5 Å². The zero-order valence-corrected chi connectivity index (χ0v) is 14.2. The van der Waals surface area contributed by atoms with E-state index < -0.39 is 5.60 Å². The highest BCUT2D eigenvalue weighted by atomic mass is 16.5. The van der Waals surface area contributed by atoms with Crippen LogP contribution in [0.5, 0.6) is 0 Å². The standard InChI is InChI=1S/C18H22N4O2/c1-11-8-16-19-10-13-14-5-4-12(9-15(13)22(16)20-11)21(14)17(23)18(2)6-3-7-24-18/h8,10,12,14H,3-7,9H2,1-2H3/t12-,14-,18+/m1/s1. The van der Waals surface area contributed by atoms with Crippen LogP contribution in [0.15, 0.2) is 12.3 Å². The van der Waals surface area contributed by atoms with E-state index in [2.05, 4.69) is 15.0 Å². The normalized spacial score (nSPS) is 31.7. The van der Waals surface area contributed by atoms with Crippen LogP contribution in [-0.4, -0.2) is 43.7 Å². The molecule has 0 aliphatic carbocycles. The van der Waals surface area contributed by atoms with Crippen molar-refractivity contribution in [1.29, 1.82) is 0 Å². The Balaban J connectivity index is 1.58. The lowest BCUT2D eigenvalue weighted by Gasteiger charge is -2.40. The Labute approximate surface area is 140 Å². The highest BCUT2D eigenvalue weighted by Gasteiger charge is 2.50. The lowest BCUT2D eigenvalue weighted by Crippen LogP contribution is -2.52. The molecule has 0 aromatic carbocycles. The number of fused-ring (bicyclic) bond motifs is 6. The lowest BCUT2D eigenvalue weighted by atomic mass is 9.94. The summed E-state index contributed by atoms with van der Waals surface area (Å²) in [6, 6.07) is 2.38. The van der Waals surface area contributed by atoms with E-state index in [0.717, 1.165) is 49.0 Å². The molecule has 1 amide bonds. The molecule has 2 fully saturated rings. The predicted octanol–water partition coefficient (Wildman–Crippen LogP) is 2.20. The molecule has 3 aliphatic heterocycles. The number of carbonyl (C=O) groups is 1. The fraction of sp³-hybridized carbons (Fsp3) is 0.611. The van der Waals surface area contributed by atoms with Crippen molar-refractivity contribution in [3.05, 3.63) is 29.2 Å². The largest absolute Gasteiger partial charge is 0.365 e. The van der Waals surface area contributed by atoms with Crippen molar-refractivity contribution in [3.63, 3.8) is 0 Å². The molecule has 5 heterocycles. The van der Waals surface area contributed by atoms with Crippen LogP contribution in [0, 0.1) is 6.92 Å². The SMILES string of the molecule is Cc1cc2ncc3c(n2n1)C[C@H]1CC[C@H]3N1C(=O)[C@]1(C)CCCO1. The van der Waals surface area contributed by atoms with Crippen LogP contribution < -0.4 is 0 Å². The first-order valence-electron chi connectivity index (χ1n) is 8.88. The first kappa shape index (κ1) is 14.4. The molecule has 6 heteroatoms. The second-order valence-electron chi connectivity index (χ2n) is 7.56. The third-order valence-electron chi connectivity index (χ3n) is 5.93. The van der Waals surface area contributed by atoms with Crippen molar-refractivity contribution in [3.8, 4) is 0 Å². The summed E-state index contributed by atoms with van der Waals surface area (Å²) in [5.41, 5.74) is 3.62. The zero-order chi connectivity index (χ0) is 16.5. The van der Waals surface area contributed by atoms with Crippen LogP contribution in [0.25, 0.3) is 5.65 Å². The summed E-state index contributed by atoms with van der Waals surface area (Å²) in [6.07, 6.45) is 6.65. The van der Waals surface area contributed by atoms with Crippen molar-refractivity contribution in [2.75, 3.05) is 6.61 Å². The van der Waals surface area contributed by atoms with Crippen molar-refractivity contribution in [2.24, 2.45) is 0 Å². The minimum absolute atomic E-state index is 0.119. The van der Waals surface area contributed by atoms with Gasteiger partial charge in [0.2, 0.25) is 0 Å². The van der Waals surface area contributed by atoms with E-state index >= 15 is 0 Å². The Hall–Kier alpha value is -1.95. The molecule has 24 heavy (non-hydrogen) atoms. The Bertz CT molecular complexity index is 837. The molecule has 2 aromatic rings. The number of amides is 1. The number of rotatable bonds is 1. The summed E-state index contributed by atoms with van der Waals surface area (Å²) in [5.74, 6) is 0.162. The highest BCUT2D eigenvalue weighted by Crippen LogP contribution is 2.45. The summed E-state index contributed by atoms with van der Waals surface area (Å²) in [5, 5.41) is 4.61. The first-order chi connectivity index (χ1) is 11.6. The van der Waals surface area contributed by atoms with Gasteiger partial charge in [0.05, 0.1) is 17.4 Å². The maximum Gasteiger partial charge on any atom is 0.255 e. The van der Waals surface area contributed by atoms with Crippen molar-refractivity contribution < 1.29 is 9.53 Å². The molecule has 2 saturated heterocycles. The molecule has 5 rings (SSSR count). The fourth-order valence-electron chi connectivity index (χ4n) is 4.73. The quantitative estimate of drug-likeness (QED) is 0.806. The van der Waals surface area contributed by atoms with Gasteiger partial charge in [-0.2, -0.15) is 5.10 Å². The molecule has 2 bridgehead atoms. The van der Waals surface area contributed by atoms with Gasteiger partial charge in [0.15, 0.2) is 5.65 Å². The third kappa shape index (κ3) is 1.83. The highest BCUT2D eigenvalue weighted by molar-refractivity contribution is 5.86. The Kier molecular flexibility index (Phi) is 2.87. The molecule has 3 atom stereocenters. The van der Waals surface area contributed by atoms with E-state index in [9.17, 15) is 4.79 Å². The maximum atomic E-state index is 13.2. The predicted molar refractivity (Wildman–Crippen MR) is 87.6 cm³/mol. The van der Waals surface area contributed by atoms with Gasteiger partial charge in [-0.15, -0.1) is 0 Å². The van der Waals surface area contributed by atoms with E-state index in [1.807, 2.05) is 30.6 Å². The minimum Gasteiger partial charge on any atom is -0.365 e. The van der Waals surface area contributed by atoms with E-state index in [1.54, 1.807) is 0 Å². The molecule has 0 spiro atoms. The van der Waals surface area contributed by atoms with Gasteiger partial charge in [-0.05, 0) is 39.5 Å². The van der Waals surface area contributed by atoms with Gasteiger partial charge in [0.25, 0.3) is 5.91 Å². The number of aryl methyl sites for hydroxylation is 1. The zero-order valence-electron chi connectivity index (χ0n) is 14.2.